The van der Waals surface area contributed by atoms with Gasteiger partial charge in [-0.15, -0.1) is 6.92 Å². The van der Waals surface area contributed by atoms with Crippen molar-refractivity contribution in [1.29, 1.82) is 0 Å². The third kappa shape index (κ3) is 35.5. The van der Waals surface area contributed by atoms with Gasteiger partial charge in [-0.05, 0) is 0 Å². The summed E-state index contributed by atoms with van der Waals surface area (Å²) in [4.78, 5) is 4.10. The quantitative estimate of drug-likeness (QED) is 0.402. The number of hydrogen-bond donors (Lipinski definition) is 0. The van der Waals surface area contributed by atoms with Crippen LogP contribution in [0, 0.1) is 52.6 Å². The van der Waals surface area contributed by atoms with Gasteiger partial charge in [0.15, 0.2) is 0 Å². The maximum absolute atomic E-state index is 4.10. The second-order valence-electron chi connectivity index (χ2n) is 3.30. The van der Waals surface area contributed by atoms with E-state index < -0.39 is 0 Å². The molecule has 0 bridgehead atoms. The molecule has 0 fully saturated rings. The van der Waals surface area contributed by atoms with Crippen LogP contribution in [0.15, 0.2) is 0 Å². The summed E-state index contributed by atoms with van der Waals surface area (Å²) in [6, 6.07) is 9.61. The van der Waals surface area contributed by atoms with Gasteiger partial charge in [-0.2, -0.15) is 12.1 Å². The maximum Gasteiger partial charge on any atom is 0 e. The minimum Gasteiger partial charge on any atom is -0.565 e. The molecule has 0 aliphatic carbocycles. The molecule has 1 aromatic carbocycles. The number of aryl methyl sites for hydroxylation is 2. The topological polar surface area (TPSA) is 12.9 Å². The van der Waals surface area contributed by atoms with Crippen LogP contribution in [0.1, 0.15) is 16.8 Å². The smallest absolute Gasteiger partial charge is 0 e. The van der Waals surface area contributed by atoms with E-state index in [9.17, 15) is 0 Å². The molecule has 1 aromatic heterocycles. The van der Waals surface area contributed by atoms with Crippen LogP contribution in [-0.2, 0) is 286 Å². The zero-order valence-corrected chi connectivity index (χ0v) is 37.9. The third-order valence-electron chi connectivity index (χ3n) is 2.25. The van der Waals surface area contributed by atoms with Gasteiger partial charge in [0.1, 0.15) is 0 Å². The van der Waals surface area contributed by atoms with Crippen LogP contribution in [0.25, 0.3) is 10.8 Å². The fourth-order valence-electron chi connectivity index (χ4n) is 1.28. The molecule has 16 heteroatoms. The summed E-state index contributed by atoms with van der Waals surface area (Å²) in [5.41, 5.74) is 3.01. The molecular formula is C14H13IrNV14-6. The van der Waals surface area contributed by atoms with Crippen LogP contribution in [0.3, 0.4) is 0 Å². The molecule has 2 aromatic rings. The molecule has 2 rings (SSSR count). The Kier molecular flexibility index (Phi) is 186. The van der Waals surface area contributed by atoms with Gasteiger partial charge in [0.05, 0.1) is 0 Å². The molecule has 0 aliphatic heterocycles. The van der Waals surface area contributed by atoms with Crippen molar-refractivity contribution < 1.29 is 280 Å². The second kappa shape index (κ2) is 56.6. The number of nitrogens with zero attached hydrogens (tertiary/aromatic N) is 1. The van der Waals surface area contributed by atoms with Gasteiger partial charge in [-0.3, -0.25) is 11.8 Å². The van der Waals surface area contributed by atoms with E-state index in [-0.39, 0.29) is 287 Å². The monoisotopic (exact) mass is 1100 g/mol. The largest absolute Gasteiger partial charge is 0.565 e. The number of aromatic nitrogens is 1. The zero-order chi connectivity index (χ0) is 10.1. The van der Waals surface area contributed by atoms with Crippen molar-refractivity contribution in [2.75, 3.05) is 0 Å². The van der Waals surface area contributed by atoms with E-state index in [1.807, 2.05) is 13.8 Å². The molecule has 159 valence electrons. The first-order chi connectivity index (χ1) is 6.70. The van der Waals surface area contributed by atoms with Crippen LogP contribution >= 0.6 is 0 Å². The average Bonchev–Trinajstić information content (AvgIpc) is 2.19. The van der Waals surface area contributed by atoms with Crippen LogP contribution < -0.4 is 0 Å². The van der Waals surface area contributed by atoms with Gasteiger partial charge in [-0.1, -0.05) is 6.92 Å². The van der Waals surface area contributed by atoms with Crippen LogP contribution in [0.2, 0.25) is 0 Å². The molecule has 1 heterocycles. The fraction of sp³-hybridized carbons (Fsp3) is 0.214. The van der Waals surface area contributed by atoms with Gasteiger partial charge < -0.3 is 53.9 Å². The van der Waals surface area contributed by atoms with Gasteiger partial charge in [0, 0.05) is 280 Å². The van der Waals surface area contributed by atoms with Gasteiger partial charge in [0.25, 0.3) is 0 Å². The maximum atomic E-state index is 4.10. The number of fused-ring (bicyclic) bond motifs is 1. The first kappa shape index (κ1) is 98.7. The number of hydrogen-bond acceptors (Lipinski definition) is 1. The summed E-state index contributed by atoms with van der Waals surface area (Å²) >= 11 is 0. The van der Waals surface area contributed by atoms with E-state index in [0.717, 1.165) is 27.6 Å². The fourth-order valence-corrected chi connectivity index (χ4v) is 1.28. The Morgan fingerprint density at radius 1 is 0.600 bits per heavy atom. The summed E-state index contributed by atoms with van der Waals surface area (Å²) in [7, 11) is 0. The van der Waals surface area contributed by atoms with Gasteiger partial charge in [-0.25, -0.2) is 0 Å². The molecule has 0 N–H and O–H groups in total. The number of benzene rings is 1. The Hall–Kier alpha value is 7.46. The first-order valence-electron chi connectivity index (χ1n) is 4.55. The summed E-state index contributed by atoms with van der Waals surface area (Å²) in [5, 5.41) is 1.76. The Bertz CT molecular complexity index is 507. The Morgan fingerprint density at radius 2 is 0.900 bits per heavy atom. The van der Waals surface area contributed by atoms with Crippen molar-refractivity contribution in [3.8, 4) is 0 Å². The van der Waals surface area contributed by atoms with Crippen molar-refractivity contribution >= 4 is 10.8 Å². The molecular weight excluding hydrogens is 1090 g/mol. The van der Waals surface area contributed by atoms with E-state index in [1.165, 1.54) is 0 Å². The van der Waals surface area contributed by atoms with Crippen molar-refractivity contribution in [2.45, 2.75) is 20.3 Å². The zero-order valence-electron chi connectivity index (χ0n) is 16.0. The molecule has 0 saturated carbocycles. The second-order valence-corrected chi connectivity index (χ2v) is 3.30. The van der Waals surface area contributed by atoms with Gasteiger partial charge in [0.2, 0.25) is 0 Å². The van der Waals surface area contributed by atoms with Crippen LogP contribution in [0.5, 0.6) is 0 Å². The summed E-state index contributed by atoms with van der Waals surface area (Å²) < 4.78 is 0. The average molecular weight is 1100 g/mol. The molecule has 0 spiro atoms. The molecule has 0 unspecified atom stereocenters. The van der Waals surface area contributed by atoms with E-state index in [2.05, 4.69) is 36.3 Å². The van der Waals surface area contributed by atoms with E-state index in [0.29, 0.717) is 6.42 Å². The predicted octanol–water partition coefficient (Wildman–Crippen LogP) is 2.84. The van der Waals surface area contributed by atoms with Crippen molar-refractivity contribution in [2.24, 2.45) is 0 Å². The minimum atomic E-state index is 0. The molecule has 30 heavy (non-hydrogen) atoms. The summed E-state index contributed by atoms with van der Waals surface area (Å²) in [6.07, 6.45) is 3.56. The molecule has 15 radical (unpaired) electrons. The summed E-state index contributed by atoms with van der Waals surface area (Å²) in [5.74, 6) is 0. The predicted molar refractivity (Wildman–Crippen MR) is 62.0 cm³/mol. The minimum absolute atomic E-state index is 0. The van der Waals surface area contributed by atoms with Crippen molar-refractivity contribution in [1.82, 2.24) is 4.98 Å². The third-order valence-corrected chi connectivity index (χ3v) is 2.25. The van der Waals surface area contributed by atoms with E-state index >= 15 is 0 Å². The van der Waals surface area contributed by atoms with Crippen LogP contribution in [0.4, 0.5) is 0 Å². The molecule has 1 nitrogen and oxygen atoms in total. The van der Waals surface area contributed by atoms with E-state index in [1.54, 1.807) is 0 Å². The Morgan fingerprint density at radius 3 is 1.20 bits per heavy atom. The van der Waals surface area contributed by atoms with Crippen molar-refractivity contribution in [3.63, 3.8) is 0 Å². The standard InChI is InChI=1S/C13H10N.CH3.Ir.14V/c1-4-13-7-11-5-9(2)10(3)6-12(11)8-14-13;;;;;;;;;;;;;;;;/h1,4H2,2-3H3;1H3;;;;;;;;;;;;;;;/q-5;-1;;;;;;;;;;;;;;;. The number of rotatable bonds is 1. The molecule has 0 saturated heterocycles. The Labute approximate surface area is 364 Å². The normalized spacial score (nSPS) is 5.03. The molecule has 0 amide bonds. The van der Waals surface area contributed by atoms with E-state index in [4.69, 9.17) is 0 Å². The van der Waals surface area contributed by atoms with Gasteiger partial charge >= 0.3 is 0 Å². The molecule has 0 atom stereocenters. The molecule has 0 aliphatic rings. The van der Waals surface area contributed by atoms with Crippen LogP contribution in [-0.4, -0.2) is 4.98 Å². The van der Waals surface area contributed by atoms with Crippen molar-refractivity contribution in [3.05, 3.63) is 55.6 Å². The summed E-state index contributed by atoms with van der Waals surface area (Å²) in [6.45, 7) is 7.79. The number of pyridine rings is 1. The SMILES string of the molecule is [CH2-]Cc1[c-]c2[c-]c(C)c(C)[c-]c2[c-]n1.[CH3-].[Ir].[V].[V].[V].[V].[V].[V].[V].[V].[V].[V].[V].[V].[V].[V]. The Balaban J connectivity index is -0.0000000108. The first-order valence-corrected chi connectivity index (χ1v) is 4.55.